The summed E-state index contributed by atoms with van der Waals surface area (Å²) in [5.41, 5.74) is 7.39. The predicted molar refractivity (Wildman–Crippen MR) is 62.3 cm³/mol. The number of hydrogen-bond acceptors (Lipinski definition) is 4. The zero-order valence-electron chi connectivity index (χ0n) is 9.79. The molecule has 1 heterocycles. The minimum atomic E-state index is -0.152. The first kappa shape index (κ1) is 11.8. The van der Waals surface area contributed by atoms with Crippen molar-refractivity contribution in [1.82, 2.24) is 4.98 Å². The van der Waals surface area contributed by atoms with E-state index in [0.717, 1.165) is 17.1 Å². The second kappa shape index (κ2) is 4.49. The number of methoxy groups -OCH3 is 1. The second-order valence-electron chi connectivity index (χ2n) is 4.24. The van der Waals surface area contributed by atoms with Gasteiger partial charge in [-0.05, 0) is 26.8 Å². The van der Waals surface area contributed by atoms with Gasteiger partial charge in [-0.25, -0.2) is 0 Å². The number of ether oxygens (including phenoxy) is 1. The van der Waals surface area contributed by atoms with Gasteiger partial charge < -0.3 is 15.8 Å². The average molecular weight is 209 g/mol. The van der Waals surface area contributed by atoms with Gasteiger partial charge in [0.2, 0.25) is 0 Å². The molecule has 4 nitrogen and oxygen atoms in total. The lowest BCUT2D eigenvalue weighted by atomic mass is 10.1. The van der Waals surface area contributed by atoms with Crippen LogP contribution < -0.4 is 15.8 Å². The topological polar surface area (TPSA) is 60.2 Å². The number of pyridine rings is 1. The molecule has 0 fully saturated rings. The van der Waals surface area contributed by atoms with Crippen molar-refractivity contribution in [3.63, 3.8) is 0 Å². The fourth-order valence-electron chi connectivity index (χ4n) is 1.22. The molecule has 4 heteroatoms. The van der Waals surface area contributed by atoms with Crippen molar-refractivity contribution in [3.8, 4) is 5.75 Å². The highest BCUT2D eigenvalue weighted by Crippen LogP contribution is 2.26. The number of anilines is 1. The molecule has 3 N–H and O–H groups in total. The maximum Gasteiger partial charge on any atom is 0.160 e. The van der Waals surface area contributed by atoms with Gasteiger partial charge in [-0.2, -0.15) is 0 Å². The van der Waals surface area contributed by atoms with Gasteiger partial charge in [-0.1, -0.05) is 0 Å². The molecular weight excluding hydrogens is 190 g/mol. The van der Waals surface area contributed by atoms with Gasteiger partial charge in [-0.15, -0.1) is 0 Å². The zero-order chi connectivity index (χ0) is 11.5. The Labute approximate surface area is 90.8 Å². The van der Waals surface area contributed by atoms with E-state index in [-0.39, 0.29) is 5.54 Å². The fourth-order valence-corrected chi connectivity index (χ4v) is 1.22. The summed E-state index contributed by atoms with van der Waals surface area (Å²) >= 11 is 0. The molecular formula is C11H19N3O. The molecule has 0 aliphatic heterocycles. The summed E-state index contributed by atoms with van der Waals surface area (Å²) in [7, 11) is 1.63. The smallest absolute Gasteiger partial charge is 0.160 e. The first-order valence-electron chi connectivity index (χ1n) is 4.97. The Balaban J connectivity index is 2.97. The van der Waals surface area contributed by atoms with Crippen LogP contribution in [0.15, 0.2) is 12.3 Å². The normalized spacial score (nSPS) is 11.3. The van der Waals surface area contributed by atoms with E-state index < -0.39 is 0 Å². The highest BCUT2D eigenvalue weighted by atomic mass is 16.5. The van der Waals surface area contributed by atoms with E-state index >= 15 is 0 Å². The van der Waals surface area contributed by atoms with Crippen LogP contribution in [0, 0.1) is 6.92 Å². The highest BCUT2D eigenvalue weighted by Gasteiger charge is 2.17. The number of nitrogens with two attached hydrogens (primary N) is 1. The first-order chi connectivity index (χ1) is 6.98. The largest absolute Gasteiger partial charge is 0.493 e. The summed E-state index contributed by atoms with van der Waals surface area (Å²) in [5.74, 6) is 0.738. The molecule has 0 aromatic carbocycles. The molecule has 0 saturated carbocycles. The molecule has 0 amide bonds. The summed E-state index contributed by atoms with van der Waals surface area (Å²) < 4.78 is 5.22. The Kier molecular flexibility index (Phi) is 3.52. The van der Waals surface area contributed by atoms with E-state index in [1.165, 1.54) is 0 Å². The van der Waals surface area contributed by atoms with E-state index in [9.17, 15) is 0 Å². The summed E-state index contributed by atoms with van der Waals surface area (Å²) in [6.45, 7) is 6.59. The van der Waals surface area contributed by atoms with Crippen LogP contribution in [0.2, 0.25) is 0 Å². The molecule has 0 radical (unpaired) electrons. The molecule has 0 saturated heterocycles. The zero-order valence-corrected chi connectivity index (χ0v) is 9.79. The van der Waals surface area contributed by atoms with Crippen LogP contribution >= 0.6 is 0 Å². The standard InChI is InChI=1S/C11H19N3O/c1-8-5-9(10(15-4)6-13-8)14-11(2,3)7-12/h5-6H,7,12H2,1-4H3,(H,13,14). The minimum Gasteiger partial charge on any atom is -0.493 e. The third-order valence-corrected chi connectivity index (χ3v) is 2.21. The van der Waals surface area contributed by atoms with E-state index in [1.807, 2.05) is 26.8 Å². The number of nitrogens with one attached hydrogen (secondary N) is 1. The molecule has 84 valence electrons. The second-order valence-corrected chi connectivity index (χ2v) is 4.24. The van der Waals surface area contributed by atoms with Crippen molar-refractivity contribution in [1.29, 1.82) is 0 Å². The van der Waals surface area contributed by atoms with Crippen LogP contribution in [0.5, 0.6) is 5.75 Å². The van der Waals surface area contributed by atoms with Gasteiger partial charge >= 0.3 is 0 Å². The Hall–Kier alpha value is -1.29. The third kappa shape index (κ3) is 3.09. The van der Waals surface area contributed by atoms with E-state index in [0.29, 0.717) is 6.54 Å². The first-order valence-corrected chi connectivity index (χ1v) is 4.97. The van der Waals surface area contributed by atoms with Gasteiger partial charge in [0.25, 0.3) is 0 Å². The SMILES string of the molecule is COc1cnc(C)cc1NC(C)(C)CN. The third-order valence-electron chi connectivity index (χ3n) is 2.21. The number of rotatable bonds is 4. The van der Waals surface area contributed by atoms with Gasteiger partial charge in [0, 0.05) is 17.8 Å². The predicted octanol–water partition coefficient (Wildman–Crippen LogP) is 1.55. The number of aromatic nitrogens is 1. The van der Waals surface area contributed by atoms with E-state index in [1.54, 1.807) is 13.3 Å². The molecule has 1 rings (SSSR count). The van der Waals surface area contributed by atoms with Crippen molar-refractivity contribution in [3.05, 3.63) is 18.0 Å². The van der Waals surface area contributed by atoms with Crippen LogP contribution in [0.3, 0.4) is 0 Å². The molecule has 1 aromatic heterocycles. The molecule has 0 unspecified atom stereocenters. The highest BCUT2D eigenvalue weighted by molar-refractivity contribution is 5.57. The van der Waals surface area contributed by atoms with Gasteiger partial charge in [0.05, 0.1) is 19.0 Å². The van der Waals surface area contributed by atoms with Crippen molar-refractivity contribution in [2.75, 3.05) is 19.0 Å². The van der Waals surface area contributed by atoms with Crippen LogP contribution in [-0.4, -0.2) is 24.2 Å². The molecule has 0 atom stereocenters. The van der Waals surface area contributed by atoms with Crippen LogP contribution in [-0.2, 0) is 0 Å². The maximum atomic E-state index is 5.66. The average Bonchev–Trinajstić information content (AvgIpc) is 2.18. The van der Waals surface area contributed by atoms with Crippen molar-refractivity contribution >= 4 is 5.69 Å². The summed E-state index contributed by atoms with van der Waals surface area (Å²) in [6.07, 6.45) is 1.71. The monoisotopic (exact) mass is 209 g/mol. The lowest BCUT2D eigenvalue weighted by molar-refractivity contribution is 0.412. The Morgan fingerprint density at radius 2 is 2.20 bits per heavy atom. The Bertz CT molecular complexity index is 337. The van der Waals surface area contributed by atoms with Crippen LogP contribution in [0.4, 0.5) is 5.69 Å². The molecule has 0 spiro atoms. The molecule has 0 aliphatic rings. The summed E-state index contributed by atoms with van der Waals surface area (Å²) in [4.78, 5) is 4.17. The van der Waals surface area contributed by atoms with E-state index in [4.69, 9.17) is 10.5 Å². The lowest BCUT2D eigenvalue weighted by Gasteiger charge is -2.26. The summed E-state index contributed by atoms with van der Waals surface area (Å²) in [6, 6.07) is 1.95. The van der Waals surface area contributed by atoms with Crippen molar-refractivity contribution < 1.29 is 4.74 Å². The molecule has 0 bridgehead atoms. The lowest BCUT2D eigenvalue weighted by Crippen LogP contribution is -2.39. The van der Waals surface area contributed by atoms with Gasteiger partial charge in [0.15, 0.2) is 5.75 Å². The van der Waals surface area contributed by atoms with Gasteiger partial charge in [-0.3, -0.25) is 4.98 Å². The van der Waals surface area contributed by atoms with Crippen molar-refractivity contribution in [2.45, 2.75) is 26.3 Å². The van der Waals surface area contributed by atoms with E-state index in [2.05, 4.69) is 10.3 Å². The van der Waals surface area contributed by atoms with Crippen molar-refractivity contribution in [2.24, 2.45) is 5.73 Å². The Morgan fingerprint density at radius 1 is 1.53 bits per heavy atom. The molecule has 0 aliphatic carbocycles. The molecule has 1 aromatic rings. The quantitative estimate of drug-likeness (QED) is 0.789. The molecule has 15 heavy (non-hydrogen) atoms. The van der Waals surface area contributed by atoms with Gasteiger partial charge in [0.1, 0.15) is 0 Å². The van der Waals surface area contributed by atoms with Crippen LogP contribution in [0.1, 0.15) is 19.5 Å². The van der Waals surface area contributed by atoms with Crippen LogP contribution in [0.25, 0.3) is 0 Å². The number of hydrogen-bond donors (Lipinski definition) is 2. The fraction of sp³-hybridized carbons (Fsp3) is 0.545. The summed E-state index contributed by atoms with van der Waals surface area (Å²) in [5, 5.41) is 3.34. The Morgan fingerprint density at radius 3 is 2.73 bits per heavy atom. The number of aryl methyl sites for hydroxylation is 1. The minimum absolute atomic E-state index is 0.152. The maximum absolute atomic E-state index is 5.66. The number of nitrogens with zero attached hydrogens (tertiary/aromatic N) is 1.